The predicted molar refractivity (Wildman–Crippen MR) is 50.1 cm³/mol. The number of rotatable bonds is 3. The van der Waals surface area contributed by atoms with Crippen LogP contribution in [-0.4, -0.2) is 14.9 Å². The summed E-state index contributed by atoms with van der Waals surface area (Å²) in [6, 6.07) is 1.89. The average molecular weight is 180 g/mol. The average Bonchev–Trinajstić information content (AvgIpc) is 2.43. The summed E-state index contributed by atoms with van der Waals surface area (Å²) >= 11 is 0. The van der Waals surface area contributed by atoms with Gasteiger partial charge in [-0.1, -0.05) is 19.3 Å². The van der Waals surface area contributed by atoms with Gasteiger partial charge >= 0.3 is 0 Å². The largest absolute Gasteiger partial charge is 0.387 e. The molecule has 1 aromatic heterocycles. The zero-order chi connectivity index (χ0) is 9.26. The van der Waals surface area contributed by atoms with Crippen LogP contribution in [0.2, 0.25) is 0 Å². The van der Waals surface area contributed by atoms with Crippen LogP contribution in [0.3, 0.4) is 0 Å². The molecule has 1 fully saturated rings. The maximum absolute atomic E-state index is 9.86. The van der Waals surface area contributed by atoms with Gasteiger partial charge in [0.1, 0.15) is 0 Å². The minimum atomic E-state index is -0.321. The van der Waals surface area contributed by atoms with Crippen LogP contribution in [0.15, 0.2) is 12.3 Å². The van der Waals surface area contributed by atoms with Gasteiger partial charge in [-0.3, -0.25) is 4.68 Å². The standard InChI is InChI=1S/C10H16N2O/c1-12-9(5-6-11-12)10(13)7-8-3-2-4-8/h5-6,8,10,13H,2-4,7H2,1H3. The van der Waals surface area contributed by atoms with Crippen molar-refractivity contribution in [3.8, 4) is 0 Å². The molecule has 1 saturated carbocycles. The molecule has 0 saturated heterocycles. The Hall–Kier alpha value is -0.830. The van der Waals surface area contributed by atoms with Crippen LogP contribution in [-0.2, 0) is 7.05 Å². The Morgan fingerprint density at radius 1 is 1.69 bits per heavy atom. The van der Waals surface area contributed by atoms with Gasteiger partial charge in [-0.15, -0.1) is 0 Å². The number of nitrogens with zero attached hydrogens (tertiary/aromatic N) is 2. The highest BCUT2D eigenvalue weighted by Gasteiger charge is 2.22. The van der Waals surface area contributed by atoms with Gasteiger partial charge in [-0.2, -0.15) is 5.10 Å². The van der Waals surface area contributed by atoms with E-state index in [1.165, 1.54) is 19.3 Å². The van der Waals surface area contributed by atoms with E-state index in [2.05, 4.69) is 5.10 Å². The van der Waals surface area contributed by atoms with Crippen LogP contribution in [0.1, 0.15) is 37.5 Å². The topological polar surface area (TPSA) is 38.0 Å². The second-order valence-corrected chi connectivity index (χ2v) is 3.93. The summed E-state index contributed by atoms with van der Waals surface area (Å²) in [6.07, 6.45) is 6.23. The summed E-state index contributed by atoms with van der Waals surface area (Å²) in [6.45, 7) is 0. The minimum absolute atomic E-state index is 0.321. The smallest absolute Gasteiger partial charge is 0.0959 e. The van der Waals surface area contributed by atoms with E-state index in [4.69, 9.17) is 0 Å². The lowest BCUT2D eigenvalue weighted by molar-refractivity contribution is 0.111. The van der Waals surface area contributed by atoms with Crippen LogP contribution in [0.5, 0.6) is 0 Å². The fourth-order valence-electron chi connectivity index (χ4n) is 1.88. The number of hydrogen-bond donors (Lipinski definition) is 1. The predicted octanol–water partition coefficient (Wildman–Crippen LogP) is 1.64. The molecule has 0 spiro atoms. The van der Waals surface area contributed by atoms with Crippen molar-refractivity contribution >= 4 is 0 Å². The fraction of sp³-hybridized carbons (Fsp3) is 0.700. The SMILES string of the molecule is Cn1nccc1C(O)CC1CCC1. The van der Waals surface area contributed by atoms with Crippen LogP contribution in [0.4, 0.5) is 0 Å². The second kappa shape index (κ2) is 3.50. The van der Waals surface area contributed by atoms with Crippen molar-refractivity contribution in [1.82, 2.24) is 9.78 Å². The molecule has 0 aromatic carbocycles. The monoisotopic (exact) mass is 180 g/mol. The van der Waals surface area contributed by atoms with E-state index in [0.29, 0.717) is 0 Å². The molecule has 1 unspecified atom stereocenters. The van der Waals surface area contributed by atoms with E-state index in [0.717, 1.165) is 18.0 Å². The lowest BCUT2D eigenvalue weighted by Crippen LogP contribution is -2.16. The van der Waals surface area contributed by atoms with Crippen molar-refractivity contribution in [2.45, 2.75) is 31.8 Å². The molecule has 1 heterocycles. The summed E-state index contributed by atoms with van der Waals surface area (Å²) in [5.41, 5.74) is 0.937. The summed E-state index contributed by atoms with van der Waals surface area (Å²) in [4.78, 5) is 0. The van der Waals surface area contributed by atoms with Crippen molar-refractivity contribution in [2.24, 2.45) is 13.0 Å². The first-order valence-corrected chi connectivity index (χ1v) is 4.93. The Morgan fingerprint density at radius 3 is 2.92 bits per heavy atom. The van der Waals surface area contributed by atoms with E-state index >= 15 is 0 Å². The second-order valence-electron chi connectivity index (χ2n) is 3.93. The summed E-state index contributed by atoms with van der Waals surface area (Å²) in [5, 5.41) is 13.9. The third-order valence-electron chi connectivity index (χ3n) is 2.98. The van der Waals surface area contributed by atoms with Gasteiger partial charge < -0.3 is 5.11 Å². The molecular weight excluding hydrogens is 164 g/mol. The molecule has 1 aliphatic carbocycles. The van der Waals surface area contributed by atoms with Gasteiger partial charge in [0.2, 0.25) is 0 Å². The van der Waals surface area contributed by atoms with Crippen molar-refractivity contribution in [3.63, 3.8) is 0 Å². The first kappa shape index (κ1) is 8.75. The Balaban J connectivity index is 1.96. The minimum Gasteiger partial charge on any atom is -0.387 e. The van der Waals surface area contributed by atoms with Crippen molar-refractivity contribution in [2.75, 3.05) is 0 Å². The molecule has 2 rings (SSSR count). The van der Waals surface area contributed by atoms with E-state index in [9.17, 15) is 5.11 Å². The molecule has 0 amide bonds. The van der Waals surface area contributed by atoms with Gasteiger partial charge in [0, 0.05) is 13.2 Å². The van der Waals surface area contributed by atoms with Crippen LogP contribution in [0.25, 0.3) is 0 Å². The van der Waals surface area contributed by atoms with Crippen molar-refractivity contribution in [1.29, 1.82) is 0 Å². The third kappa shape index (κ3) is 1.75. The number of aliphatic hydroxyl groups is 1. The van der Waals surface area contributed by atoms with E-state index < -0.39 is 0 Å². The zero-order valence-corrected chi connectivity index (χ0v) is 7.98. The van der Waals surface area contributed by atoms with Crippen LogP contribution in [0, 0.1) is 5.92 Å². The Kier molecular flexibility index (Phi) is 2.36. The Morgan fingerprint density at radius 2 is 2.46 bits per heavy atom. The van der Waals surface area contributed by atoms with E-state index in [-0.39, 0.29) is 6.10 Å². The molecule has 0 bridgehead atoms. The molecule has 1 N–H and O–H groups in total. The van der Waals surface area contributed by atoms with E-state index in [1.54, 1.807) is 10.9 Å². The summed E-state index contributed by atoms with van der Waals surface area (Å²) in [7, 11) is 1.87. The lowest BCUT2D eigenvalue weighted by atomic mass is 9.81. The zero-order valence-electron chi connectivity index (χ0n) is 7.98. The quantitative estimate of drug-likeness (QED) is 0.768. The Labute approximate surface area is 78.4 Å². The molecule has 3 nitrogen and oxygen atoms in total. The number of aromatic nitrogens is 2. The summed E-state index contributed by atoms with van der Waals surface area (Å²) < 4.78 is 1.75. The molecule has 72 valence electrons. The maximum atomic E-state index is 9.86. The molecule has 1 aliphatic rings. The third-order valence-corrected chi connectivity index (χ3v) is 2.98. The van der Waals surface area contributed by atoms with Gasteiger partial charge in [0.25, 0.3) is 0 Å². The van der Waals surface area contributed by atoms with E-state index in [1.807, 2.05) is 13.1 Å². The normalized spacial score (nSPS) is 19.8. The van der Waals surface area contributed by atoms with Crippen LogP contribution >= 0.6 is 0 Å². The molecule has 3 heteroatoms. The highest BCUT2D eigenvalue weighted by molar-refractivity contribution is 5.04. The molecule has 13 heavy (non-hydrogen) atoms. The Bertz CT molecular complexity index is 278. The molecule has 0 aliphatic heterocycles. The molecule has 0 radical (unpaired) electrons. The van der Waals surface area contributed by atoms with Crippen molar-refractivity contribution in [3.05, 3.63) is 18.0 Å². The van der Waals surface area contributed by atoms with Gasteiger partial charge in [-0.25, -0.2) is 0 Å². The fourth-order valence-corrected chi connectivity index (χ4v) is 1.88. The molecule has 1 aromatic rings. The maximum Gasteiger partial charge on any atom is 0.0959 e. The lowest BCUT2D eigenvalue weighted by Gasteiger charge is -2.27. The molecular formula is C10H16N2O. The van der Waals surface area contributed by atoms with Gasteiger partial charge in [0.15, 0.2) is 0 Å². The van der Waals surface area contributed by atoms with Crippen LogP contribution < -0.4 is 0 Å². The van der Waals surface area contributed by atoms with Crippen molar-refractivity contribution < 1.29 is 5.11 Å². The highest BCUT2D eigenvalue weighted by Crippen LogP contribution is 2.34. The first-order chi connectivity index (χ1) is 6.27. The number of hydrogen-bond acceptors (Lipinski definition) is 2. The number of aliphatic hydroxyl groups excluding tert-OH is 1. The number of aryl methyl sites for hydroxylation is 1. The van der Waals surface area contributed by atoms with Gasteiger partial charge in [-0.05, 0) is 18.4 Å². The molecule has 1 atom stereocenters. The summed E-state index contributed by atoms with van der Waals surface area (Å²) in [5.74, 6) is 0.741. The van der Waals surface area contributed by atoms with Gasteiger partial charge in [0.05, 0.1) is 11.8 Å². The highest BCUT2D eigenvalue weighted by atomic mass is 16.3. The first-order valence-electron chi connectivity index (χ1n) is 4.93.